The van der Waals surface area contributed by atoms with Gasteiger partial charge in [0.2, 0.25) is 5.91 Å². The van der Waals surface area contributed by atoms with Crippen LogP contribution in [0.4, 0.5) is 10.5 Å². The van der Waals surface area contributed by atoms with E-state index in [0.717, 1.165) is 12.0 Å². The van der Waals surface area contributed by atoms with E-state index in [4.69, 9.17) is 4.74 Å². The van der Waals surface area contributed by atoms with Gasteiger partial charge in [0, 0.05) is 24.4 Å². The van der Waals surface area contributed by atoms with Gasteiger partial charge < -0.3 is 15.4 Å². The summed E-state index contributed by atoms with van der Waals surface area (Å²) in [5.74, 6) is 0.0153. The Morgan fingerprint density at radius 3 is 2.32 bits per heavy atom. The van der Waals surface area contributed by atoms with Crippen LogP contribution in [0.3, 0.4) is 0 Å². The first-order valence-corrected chi connectivity index (χ1v) is 11.0. The Balaban J connectivity index is 2.32. The predicted molar refractivity (Wildman–Crippen MR) is 121 cm³/mol. The molecule has 170 valence electrons. The lowest BCUT2D eigenvalue weighted by atomic mass is 9.94. The smallest absolute Gasteiger partial charge is 0.338 e. The van der Waals surface area contributed by atoms with Crippen molar-refractivity contribution >= 4 is 23.6 Å². The molecule has 0 unspecified atom stereocenters. The van der Waals surface area contributed by atoms with Crippen LogP contribution in [-0.2, 0) is 14.3 Å². The number of nitrogens with zero attached hydrogens (tertiary/aromatic N) is 1. The lowest BCUT2D eigenvalue weighted by Crippen LogP contribution is -2.48. The summed E-state index contributed by atoms with van der Waals surface area (Å²) >= 11 is 0. The second-order valence-electron chi connectivity index (χ2n) is 8.79. The fourth-order valence-corrected chi connectivity index (χ4v) is 3.45. The number of carbonyl (C=O) groups excluding carboxylic acids is 3. The monoisotopic (exact) mass is 429 g/mol. The van der Waals surface area contributed by atoms with Gasteiger partial charge >= 0.3 is 12.0 Å². The number of hydrogen-bond acceptors (Lipinski definition) is 4. The summed E-state index contributed by atoms with van der Waals surface area (Å²) in [6.45, 7) is 12.5. The topological polar surface area (TPSA) is 87.7 Å². The second-order valence-corrected chi connectivity index (χ2v) is 8.79. The van der Waals surface area contributed by atoms with Gasteiger partial charge in [0.1, 0.15) is 0 Å². The van der Waals surface area contributed by atoms with Crippen molar-refractivity contribution in [1.29, 1.82) is 0 Å². The molecule has 1 aliphatic heterocycles. The number of anilines is 1. The molecule has 7 heteroatoms. The first kappa shape index (κ1) is 24.4. The van der Waals surface area contributed by atoms with Crippen molar-refractivity contribution in [2.45, 2.75) is 60.4 Å². The molecule has 1 aliphatic rings. The van der Waals surface area contributed by atoms with Crippen LogP contribution in [0.25, 0.3) is 0 Å². The summed E-state index contributed by atoms with van der Waals surface area (Å²) in [5, 5.41) is 5.82. The van der Waals surface area contributed by atoms with Crippen LogP contribution in [-0.4, -0.2) is 36.0 Å². The minimum atomic E-state index is -0.610. The van der Waals surface area contributed by atoms with E-state index in [-0.39, 0.29) is 23.8 Å². The average molecular weight is 430 g/mol. The molecule has 31 heavy (non-hydrogen) atoms. The quantitative estimate of drug-likeness (QED) is 0.561. The van der Waals surface area contributed by atoms with Gasteiger partial charge in [-0.2, -0.15) is 0 Å². The van der Waals surface area contributed by atoms with Gasteiger partial charge in [0.05, 0.1) is 18.2 Å². The third-order valence-electron chi connectivity index (χ3n) is 4.93. The molecule has 0 aromatic heterocycles. The van der Waals surface area contributed by atoms with Gasteiger partial charge in [-0.25, -0.2) is 9.59 Å². The van der Waals surface area contributed by atoms with E-state index in [2.05, 4.69) is 10.6 Å². The van der Waals surface area contributed by atoms with E-state index in [0.29, 0.717) is 36.5 Å². The fourth-order valence-electron chi connectivity index (χ4n) is 3.45. The maximum Gasteiger partial charge on any atom is 0.338 e. The van der Waals surface area contributed by atoms with Gasteiger partial charge in [0.15, 0.2) is 0 Å². The SMILES string of the molecule is CCCN1C(=O)N[C@H](c2ccc(NC(=O)CC(C)C)cc2)C(C(=O)OCC(C)C)=C1C. The highest BCUT2D eigenvalue weighted by atomic mass is 16.5. The summed E-state index contributed by atoms with van der Waals surface area (Å²) in [5.41, 5.74) is 2.47. The number of benzene rings is 1. The van der Waals surface area contributed by atoms with Crippen molar-refractivity contribution < 1.29 is 19.1 Å². The highest BCUT2D eigenvalue weighted by Crippen LogP contribution is 2.32. The Morgan fingerprint density at radius 1 is 1.13 bits per heavy atom. The van der Waals surface area contributed by atoms with Crippen LogP contribution in [0.15, 0.2) is 35.5 Å². The third kappa shape index (κ3) is 6.57. The zero-order chi connectivity index (χ0) is 23.1. The molecule has 0 fully saturated rings. The molecular formula is C24H35N3O4. The summed E-state index contributed by atoms with van der Waals surface area (Å²) in [4.78, 5) is 39.3. The molecule has 2 rings (SSSR count). The van der Waals surface area contributed by atoms with Crippen molar-refractivity contribution in [1.82, 2.24) is 10.2 Å². The molecule has 1 aromatic carbocycles. The molecule has 1 aromatic rings. The molecular weight excluding hydrogens is 394 g/mol. The lowest BCUT2D eigenvalue weighted by Gasteiger charge is -2.35. The van der Waals surface area contributed by atoms with E-state index in [1.165, 1.54) is 0 Å². The molecule has 0 saturated carbocycles. The molecule has 0 aliphatic carbocycles. The van der Waals surface area contributed by atoms with Crippen LogP contribution in [0.1, 0.15) is 66.0 Å². The lowest BCUT2D eigenvalue weighted by molar-refractivity contribution is -0.140. The molecule has 1 heterocycles. The average Bonchev–Trinajstić information content (AvgIpc) is 2.68. The van der Waals surface area contributed by atoms with Gasteiger partial charge in [-0.15, -0.1) is 0 Å². The minimum Gasteiger partial charge on any atom is -0.462 e. The van der Waals surface area contributed by atoms with E-state index in [1.807, 2.05) is 46.8 Å². The predicted octanol–water partition coefficient (Wildman–Crippen LogP) is 4.62. The van der Waals surface area contributed by atoms with E-state index < -0.39 is 12.0 Å². The third-order valence-corrected chi connectivity index (χ3v) is 4.93. The maximum atomic E-state index is 13.0. The molecule has 0 spiro atoms. The molecule has 1 atom stereocenters. The zero-order valence-electron chi connectivity index (χ0n) is 19.5. The molecule has 0 saturated heterocycles. The van der Waals surface area contributed by atoms with E-state index in [1.54, 1.807) is 24.0 Å². The Morgan fingerprint density at radius 2 is 1.77 bits per heavy atom. The van der Waals surface area contributed by atoms with Crippen molar-refractivity contribution in [3.05, 3.63) is 41.1 Å². The Kier molecular flexibility index (Phi) is 8.65. The Hall–Kier alpha value is -2.83. The standard InChI is InChI=1S/C24H35N3O4/c1-7-12-27-17(6)21(23(29)31-14-16(4)5)22(26-24(27)30)18-8-10-19(11-9-18)25-20(28)13-15(2)3/h8-11,15-16,22H,7,12-14H2,1-6H3,(H,25,28)(H,26,30)/t22-/m1/s1. The van der Waals surface area contributed by atoms with Gasteiger partial charge in [-0.05, 0) is 42.9 Å². The number of ether oxygens (including phenoxy) is 1. The van der Waals surface area contributed by atoms with Crippen LogP contribution >= 0.6 is 0 Å². The number of rotatable bonds is 9. The summed E-state index contributed by atoms with van der Waals surface area (Å²) in [6.07, 6.45) is 1.22. The zero-order valence-corrected chi connectivity index (χ0v) is 19.5. The normalized spacial score (nSPS) is 16.6. The molecule has 7 nitrogen and oxygen atoms in total. The molecule has 0 bridgehead atoms. The number of allylic oxidation sites excluding steroid dienone is 1. The van der Waals surface area contributed by atoms with Crippen molar-refractivity contribution in [3.63, 3.8) is 0 Å². The number of amides is 3. The highest BCUT2D eigenvalue weighted by Gasteiger charge is 2.36. The first-order valence-electron chi connectivity index (χ1n) is 11.0. The van der Waals surface area contributed by atoms with Crippen LogP contribution < -0.4 is 10.6 Å². The van der Waals surface area contributed by atoms with Gasteiger partial charge in [-0.1, -0.05) is 46.8 Å². The number of carbonyl (C=O) groups is 3. The maximum absolute atomic E-state index is 13.0. The van der Waals surface area contributed by atoms with E-state index in [9.17, 15) is 14.4 Å². The van der Waals surface area contributed by atoms with E-state index >= 15 is 0 Å². The summed E-state index contributed by atoms with van der Waals surface area (Å²) < 4.78 is 5.51. The van der Waals surface area contributed by atoms with Crippen LogP contribution in [0.5, 0.6) is 0 Å². The number of urea groups is 1. The highest BCUT2D eigenvalue weighted by molar-refractivity contribution is 5.95. The minimum absolute atomic E-state index is 0.0439. The Bertz CT molecular complexity index is 828. The summed E-state index contributed by atoms with van der Waals surface area (Å²) in [7, 11) is 0. The van der Waals surface area contributed by atoms with Crippen molar-refractivity contribution in [2.24, 2.45) is 11.8 Å². The first-order chi connectivity index (χ1) is 14.6. The molecule has 0 radical (unpaired) electrons. The number of nitrogens with one attached hydrogen (secondary N) is 2. The number of esters is 1. The van der Waals surface area contributed by atoms with Gasteiger partial charge in [-0.3, -0.25) is 9.69 Å². The van der Waals surface area contributed by atoms with Crippen LogP contribution in [0.2, 0.25) is 0 Å². The Labute approximate surface area is 185 Å². The fraction of sp³-hybridized carbons (Fsp3) is 0.542. The second kappa shape index (κ2) is 11.0. The van der Waals surface area contributed by atoms with Crippen molar-refractivity contribution in [3.8, 4) is 0 Å². The molecule has 3 amide bonds. The largest absolute Gasteiger partial charge is 0.462 e. The van der Waals surface area contributed by atoms with Gasteiger partial charge in [0.25, 0.3) is 0 Å². The van der Waals surface area contributed by atoms with Crippen molar-refractivity contribution in [2.75, 3.05) is 18.5 Å². The molecule has 2 N–H and O–H groups in total. The van der Waals surface area contributed by atoms with Crippen LogP contribution in [0, 0.1) is 11.8 Å². The summed E-state index contributed by atoms with van der Waals surface area (Å²) in [6, 6.07) is 6.34. The number of hydrogen-bond donors (Lipinski definition) is 2.